The summed E-state index contributed by atoms with van der Waals surface area (Å²) in [7, 11) is 0. The summed E-state index contributed by atoms with van der Waals surface area (Å²) in [5, 5.41) is 0. The van der Waals surface area contributed by atoms with E-state index < -0.39 is 0 Å². The smallest absolute Gasteiger partial charge is 0.203 e. The molecule has 27 heavy (non-hydrogen) atoms. The lowest BCUT2D eigenvalue weighted by atomic mass is 9.97. The van der Waals surface area contributed by atoms with E-state index in [1.54, 1.807) is 0 Å². The molecule has 0 N–H and O–H groups in total. The molecule has 0 spiro atoms. The first-order valence-electron chi connectivity index (χ1n) is 11.5. The van der Waals surface area contributed by atoms with Gasteiger partial charge in [-0.2, -0.15) is 0 Å². The molecule has 3 saturated carbocycles. The van der Waals surface area contributed by atoms with E-state index in [2.05, 4.69) is 18.2 Å². The van der Waals surface area contributed by atoms with Crippen LogP contribution < -0.4 is 14.2 Å². The SMILES string of the molecule is c1cc(OC2CCCCC2)c(OC2CCCCC2)c(OC2CCCCC2)c1. The number of para-hydroxylation sites is 1. The lowest BCUT2D eigenvalue weighted by molar-refractivity contribution is 0.106. The predicted octanol–water partition coefficient (Wildman–Crippen LogP) is 6.82. The second-order valence-corrected chi connectivity index (χ2v) is 8.72. The minimum absolute atomic E-state index is 0.309. The van der Waals surface area contributed by atoms with Crippen molar-refractivity contribution in [3.8, 4) is 17.2 Å². The van der Waals surface area contributed by atoms with Crippen LogP contribution in [-0.2, 0) is 0 Å². The molecule has 0 aliphatic heterocycles. The van der Waals surface area contributed by atoms with Crippen LogP contribution >= 0.6 is 0 Å². The summed E-state index contributed by atoms with van der Waals surface area (Å²) in [6, 6.07) is 6.24. The van der Waals surface area contributed by atoms with E-state index >= 15 is 0 Å². The molecule has 0 saturated heterocycles. The van der Waals surface area contributed by atoms with Crippen molar-refractivity contribution >= 4 is 0 Å². The Bertz CT molecular complexity index is 529. The zero-order chi connectivity index (χ0) is 18.3. The number of ether oxygens (including phenoxy) is 3. The number of benzene rings is 1. The van der Waals surface area contributed by atoms with E-state index in [-0.39, 0.29) is 0 Å². The van der Waals surface area contributed by atoms with Crippen LogP contribution in [0, 0.1) is 0 Å². The fraction of sp³-hybridized carbons (Fsp3) is 0.750. The highest BCUT2D eigenvalue weighted by Crippen LogP contribution is 2.42. The molecule has 3 aliphatic carbocycles. The van der Waals surface area contributed by atoms with Gasteiger partial charge >= 0.3 is 0 Å². The molecule has 0 radical (unpaired) electrons. The van der Waals surface area contributed by atoms with Crippen molar-refractivity contribution in [2.45, 2.75) is 115 Å². The Hall–Kier alpha value is -1.38. The van der Waals surface area contributed by atoms with Gasteiger partial charge in [-0.3, -0.25) is 0 Å². The monoisotopic (exact) mass is 372 g/mol. The molecular formula is C24H36O3. The second kappa shape index (κ2) is 9.71. The number of rotatable bonds is 6. The van der Waals surface area contributed by atoms with Crippen LogP contribution in [0.2, 0.25) is 0 Å². The molecule has 0 atom stereocenters. The molecule has 3 fully saturated rings. The van der Waals surface area contributed by atoms with Crippen molar-refractivity contribution < 1.29 is 14.2 Å². The van der Waals surface area contributed by atoms with Crippen molar-refractivity contribution in [1.29, 1.82) is 0 Å². The van der Waals surface area contributed by atoms with Gasteiger partial charge in [0.15, 0.2) is 11.5 Å². The van der Waals surface area contributed by atoms with Crippen LogP contribution in [0.25, 0.3) is 0 Å². The molecule has 1 aromatic carbocycles. The van der Waals surface area contributed by atoms with Gasteiger partial charge in [-0.1, -0.05) is 25.3 Å². The highest BCUT2D eigenvalue weighted by Gasteiger charge is 2.25. The molecular weight excluding hydrogens is 336 g/mol. The van der Waals surface area contributed by atoms with Gasteiger partial charge in [0.2, 0.25) is 5.75 Å². The third-order valence-electron chi connectivity index (χ3n) is 6.47. The second-order valence-electron chi connectivity index (χ2n) is 8.72. The van der Waals surface area contributed by atoms with Crippen molar-refractivity contribution in [3.05, 3.63) is 18.2 Å². The Morgan fingerprint density at radius 2 is 0.852 bits per heavy atom. The third-order valence-corrected chi connectivity index (χ3v) is 6.47. The zero-order valence-corrected chi connectivity index (χ0v) is 16.8. The highest BCUT2D eigenvalue weighted by atomic mass is 16.6. The van der Waals surface area contributed by atoms with E-state index in [1.165, 1.54) is 57.8 Å². The maximum Gasteiger partial charge on any atom is 0.203 e. The Kier molecular flexibility index (Phi) is 6.81. The summed E-state index contributed by atoms with van der Waals surface area (Å²) in [6.45, 7) is 0. The number of hydrogen-bond acceptors (Lipinski definition) is 3. The van der Waals surface area contributed by atoms with Crippen molar-refractivity contribution in [1.82, 2.24) is 0 Å². The summed E-state index contributed by atoms with van der Waals surface area (Å²) in [4.78, 5) is 0. The summed E-state index contributed by atoms with van der Waals surface area (Å²) in [5.41, 5.74) is 0. The van der Waals surface area contributed by atoms with Crippen LogP contribution in [-0.4, -0.2) is 18.3 Å². The molecule has 3 aliphatic rings. The van der Waals surface area contributed by atoms with E-state index in [9.17, 15) is 0 Å². The van der Waals surface area contributed by atoms with Gasteiger partial charge in [-0.25, -0.2) is 0 Å². The first-order valence-corrected chi connectivity index (χ1v) is 11.5. The molecule has 0 amide bonds. The maximum atomic E-state index is 6.55. The predicted molar refractivity (Wildman–Crippen MR) is 109 cm³/mol. The quantitative estimate of drug-likeness (QED) is 0.548. The first-order chi connectivity index (χ1) is 13.4. The van der Waals surface area contributed by atoms with Crippen LogP contribution in [0.4, 0.5) is 0 Å². The summed E-state index contributed by atoms with van der Waals surface area (Å²) < 4.78 is 19.5. The molecule has 0 aromatic heterocycles. The molecule has 150 valence electrons. The minimum atomic E-state index is 0.309. The Labute approximate surface area is 164 Å². The van der Waals surface area contributed by atoms with Crippen LogP contribution in [0.15, 0.2) is 18.2 Å². The molecule has 3 nitrogen and oxygen atoms in total. The Balaban J connectivity index is 1.52. The normalized spacial score (nSPS) is 23.1. The average Bonchev–Trinajstić information content (AvgIpc) is 2.73. The zero-order valence-electron chi connectivity index (χ0n) is 16.8. The van der Waals surface area contributed by atoms with Crippen molar-refractivity contribution in [2.75, 3.05) is 0 Å². The van der Waals surface area contributed by atoms with Gasteiger partial charge in [0.1, 0.15) is 0 Å². The van der Waals surface area contributed by atoms with E-state index in [1.807, 2.05) is 0 Å². The summed E-state index contributed by atoms with van der Waals surface area (Å²) in [5.74, 6) is 2.68. The van der Waals surface area contributed by atoms with Crippen molar-refractivity contribution in [2.24, 2.45) is 0 Å². The highest BCUT2D eigenvalue weighted by molar-refractivity contribution is 5.51. The summed E-state index contributed by atoms with van der Waals surface area (Å²) >= 11 is 0. The largest absolute Gasteiger partial charge is 0.486 e. The van der Waals surface area contributed by atoms with Crippen molar-refractivity contribution in [3.63, 3.8) is 0 Å². The van der Waals surface area contributed by atoms with Gasteiger partial charge in [0, 0.05) is 0 Å². The lowest BCUT2D eigenvalue weighted by Gasteiger charge is -2.30. The van der Waals surface area contributed by atoms with E-state index in [0.29, 0.717) is 18.3 Å². The molecule has 4 rings (SSSR count). The minimum Gasteiger partial charge on any atom is -0.486 e. The topological polar surface area (TPSA) is 27.7 Å². The van der Waals surface area contributed by atoms with Crippen LogP contribution in [0.5, 0.6) is 17.2 Å². The van der Waals surface area contributed by atoms with Gasteiger partial charge < -0.3 is 14.2 Å². The fourth-order valence-electron chi connectivity index (χ4n) is 4.87. The average molecular weight is 373 g/mol. The molecule has 1 aromatic rings. The molecule has 0 unspecified atom stereocenters. The van der Waals surface area contributed by atoms with Crippen LogP contribution in [0.3, 0.4) is 0 Å². The number of hydrogen-bond donors (Lipinski definition) is 0. The molecule has 0 bridgehead atoms. The maximum absolute atomic E-state index is 6.55. The van der Waals surface area contributed by atoms with E-state index in [0.717, 1.165) is 55.8 Å². The van der Waals surface area contributed by atoms with Gasteiger partial charge in [-0.05, 0) is 89.2 Å². The Morgan fingerprint density at radius 1 is 0.481 bits per heavy atom. The standard InChI is InChI=1S/C24H36O3/c1-4-11-19(12-5-1)25-22-17-10-18-23(26-20-13-6-2-7-14-20)24(22)27-21-15-8-3-9-16-21/h10,17-21H,1-9,11-16H2. The third kappa shape index (κ3) is 5.33. The molecule has 3 heteroatoms. The first kappa shape index (κ1) is 19.0. The van der Waals surface area contributed by atoms with Gasteiger partial charge in [0.25, 0.3) is 0 Å². The Morgan fingerprint density at radius 3 is 1.26 bits per heavy atom. The van der Waals surface area contributed by atoms with Crippen LogP contribution in [0.1, 0.15) is 96.3 Å². The van der Waals surface area contributed by atoms with E-state index in [4.69, 9.17) is 14.2 Å². The summed E-state index contributed by atoms with van der Waals surface area (Å²) in [6.07, 6.45) is 19.6. The lowest BCUT2D eigenvalue weighted by Crippen LogP contribution is -2.24. The van der Waals surface area contributed by atoms with Gasteiger partial charge in [0.05, 0.1) is 18.3 Å². The fourth-order valence-corrected chi connectivity index (χ4v) is 4.87. The molecule has 0 heterocycles. The van der Waals surface area contributed by atoms with Gasteiger partial charge in [-0.15, -0.1) is 0 Å².